The Balaban J connectivity index is 2.77. The average molecular weight is 237 g/mol. The molecule has 1 aromatic rings. The zero-order valence-electron chi connectivity index (χ0n) is 11.0. The summed E-state index contributed by atoms with van der Waals surface area (Å²) in [5, 5.41) is 12.8. The summed E-state index contributed by atoms with van der Waals surface area (Å²) < 4.78 is 5.53. The van der Waals surface area contributed by atoms with E-state index in [1.165, 1.54) is 0 Å². The van der Waals surface area contributed by atoms with Crippen LogP contribution in [0.2, 0.25) is 0 Å². The molecule has 3 heteroatoms. The van der Waals surface area contributed by atoms with Crippen LogP contribution in [0.3, 0.4) is 0 Å². The number of hydrogen-bond acceptors (Lipinski definition) is 3. The first-order valence-corrected chi connectivity index (χ1v) is 6.25. The molecule has 17 heavy (non-hydrogen) atoms. The first-order chi connectivity index (χ1) is 8.16. The van der Waals surface area contributed by atoms with Crippen molar-refractivity contribution in [2.24, 2.45) is 0 Å². The molecule has 2 N–H and O–H groups in total. The van der Waals surface area contributed by atoms with Gasteiger partial charge in [0.1, 0.15) is 5.75 Å². The fourth-order valence-electron chi connectivity index (χ4n) is 1.78. The minimum absolute atomic E-state index is 0.0794. The van der Waals surface area contributed by atoms with Gasteiger partial charge < -0.3 is 15.2 Å². The smallest absolute Gasteiger partial charge is 0.119 e. The van der Waals surface area contributed by atoms with Crippen molar-refractivity contribution in [3.8, 4) is 5.75 Å². The molecule has 0 aromatic heterocycles. The summed E-state index contributed by atoms with van der Waals surface area (Å²) in [7, 11) is 0. The molecule has 1 rings (SSSR count). The van der Waals surface area contributed by atoms with Gasteiger partial charge in [-0.25, -0.2) is 0 Å². The van der Waals surface area contributed by atoms with Crippen molar-refractivity contribution in [3.63, 3.8) is 0 Å². The van der Waals surface area contributed by atoms with Crippen molar-refractivity contribution < 1.29 is 9.84 Å². The molecule has 1 atom stereocenters. The second-order valence-electron chi connectivity index (χ2n) is 4.39. The van der Waals surface area contributed by atoms with Crippen LogP contribution in [0.4, 0.5) is 0 Å². The van der Waals surface area contributed by atoms with Crippen LogP contribution in [-0.4, -0.2) is 24.9 Å². The van der Waals surface area contributed by atoms with Crippen molar-refractivity contribution >= 4 is 0 Å². The third kappa shape index (κ3) is 3.72. The lowest BCUT2D eigenvalue weighted by molar-refractivity contribution is 0.177. The maximum Gasteiger partial charge on any atom is 0.119 e. The lowest BCUT2D eigenvalue weighted by Gasteiger charge is -2.29. The number of rotatable bonds is 7. The van der Waals surface area contributed by atoms with E-state index in [9.17, 15) is 5.11 Å². The molecule has 0 saturated carbocycles. The van der Waals surface area contributed by atoms with E-state index in [2.05, 4.69) is 12.2 Å². The third-order valence-corrected chi connectivity index (χ3v) is 2.85. The first-order valence-electron chi connectivity index (χ1n) is 6.25. The van der Waals surface area contributed by atoms with Gasteiger partial charge in [-0.1, -0.05) is 26.0 Å². The van der Waals surface area contributed by atoms with Crippen molar-refractivity contribution in [2.45, 2.75) is 32.7 Å². The highest BCUT2D eigenvalue weighted by molar-refractivity contribution is 5.31. The highest BCUT2D eigenvalue weighted by Gasteiger charge is 2.24. The minimum atomic E-state index is -0.377. The van der Waals surface area contributed by atoms with Gasteiger partial charge in [0, 0.05) is 0 Å². The lowest BCUT2D eigenvalue weighted by atomic mass is 9.93. The van der Waals surface area contributed by atoms with Crippen LogP contribution >= 0.6 is 0 Å². The fourth-order valence-corrected chi connectivity index (χ4v) is 1.78. The highest BCUT2D eigenvalue weighted by Crippen LogP contribution is 2.22. The van der Waals surface area contributed by atoms with Crippen molar-refractivity contribution in [3.05, 3.63) is 29.8 Å². The third-order valence-electron chi connectivity index (χ3n) is 2.85. The van der Waals surface area contributed by atoms with E-state index in [1.54, 1.807) is 0 Å². The standard InChI is InChI=1S/C14H23NO2/c1-4-10-17-13-8-6-12(7-9-13)14(3,11-16)15-5-2/h6-9,15-16H,4-5,10-11H2,1-3H3. The van der Waals surface area contributed by atoms with E-state index in [0.717, 1.165) is 30.9 Å². The van der Waals surface area contributed by atoms with E-state index >= 15 is 0 Å². The molecule has 96 valence electrons. The molecule has 0 spiro atoms. The number of aliphatic hydroxyl groups excluding tert-OH is 1. The average Bonchev–Trinajstić information content (AvgIpc) is 2.37. The Bertz CT molecular complexity index is 323. The predicted octanol–water partition coefficient (Wildman–Crippen LogP) is 2.29. The lowest BCUT2D eigenvalue weighted by Crippen LogP contribution is -2.42. The Morgan fingerprint density at radius 2 is 1.88 bits per heavy atom. The molecule has 0 bridgehead atoms. The van der Waals surface area contributed by atoms with E-state index in [1.807, 2.05) is 38.1 Å². The number of likely N-dealkylation sites (N-methyl/N-ethyl adjacent to an activating group) is 1. The number of ether oxygens (including phenoxy) is 1. The van der Waals surface area contributed by atoms with Crippen LogP contribution in [0.1, 0.15) is 32.8 Å². The molecule has 1 unspecified atom stereocenters. The molecule has 3 nitrogen and oxygen atoms in total. The van der Waals surface area contributed by atoms with Gasteiger partial charge in [-0.05, 0) is 37.6 Å². The summed E-state index contributed by atoms with van der Waals surface area (Å²) >= 11 is 0. The van der Waals surface area contributed by atoms with Crippen molar-refractivity contribution in [2.75, 3.05) is 19.8 Å². The molecule has 0 fully saturated rings. The van der Waals surface area contributed by atoms with E-state index in [4.69, 9.17) is 4.74 Å². The SMILES string of the molecule is CCCOc1ccc(C(C)(CO)NCC)cc1. The van der Waals surface area contributed by atoms with Gasteiger partial charge in [0.2, 0.25) is 0 Å². The summed E-state index contributed by atoms with van der Waals surface area (Å²) in [4.78, 5) is 0. The Labute approximate surface area is 104 Å². The van der Waals surface area contributed by atoms with Gasteiger partial charge in [-0.3, -0.25) is 0 Å². The number of nitrogens with one attached hydrogen (secondary N) is 1. The predicted molar refractivity (Wildman–Crippen MR) is 70.3 cm³/mol. The van der Waals surface area contributed by atoms with Gasteiger partial charge in [-0.2, -0.15) is 0 Å². The van der Waals surface area contributed by atoms with Crippen LogP contribution < -0.4 is 10.1 Å². The Morgan fingerprint density at radius 1 is 1.24 bits per heavy atom. The Morgan fingerprint density at radius 3 is 2.35 bits per heavy atom. The van der Waals surface area contributed by atoms with E-state index in [-0.39, 0.29) is 12.1 Å². The van der Waals surface area contributed by atoms with Crippen molar-refractivity contribution in [1.29, 1.82) is 0 Å². The first kappa shape index (κ1) is 14.0. The van der Waals surface area contributed by atoms with Gasteiger partial charge in [-0.15, -0.1) is 0 Å². The zero-order valence-corrected chi connectivity index (χ0v) is 11.0. The summed E-state index contributed by atoms with van der Waals surface area (Å²) in [6.45, 7) is 7.76. The van der Waals surface area contributed by atoms with Crippen LogP contribution in [0, 0.1) is 0 Å². The second-order valence-corrected chi connectivity index (χ2v) is 4.39. The number of aliphatic hydroxyl groups is 1. The normalized spacial score (nSPS) is 14.4. The summed E-state index contributed by atoms with van der Waals surface area (Å²) in [5.41, 5.74) is 0.698. The minimum Gasteiger partial charge on any atom is -0.494 e. The number of benzene rings is 1. The summed E-state index contributed by atoms with van der Waals surface area (Å²) in [5.74, 6) is 0.882. The maximum absolute atomic E-state index is 9.49. The Hall–Kier alpha value is -1.06. The topological polar surface area (TPSA) is 41.5 Å². The second kappa shape index (κ2) is 6.62. The maximum atomic E-state index is 9.49. The molecule has 0 heterocycles. The Kier molecular flexibility index (Phi) is 5.45. The van der Waals surface area contributed by atoms with Gasteiger partial charge in [0.15, 0.2) is 0 Å². The van der Waals surface area contributed by atoms with Crippen LogP contribution in [0.25, 0.3) is 0 Å². The monoisotopic (exact) mass is 237 g/mol. The molecule has 0 radical (unpaired) electrons. The van der Waals surface area contributed by atoms with Crippen LogP contribution in [-0.2, 0) is 5.54 Å². The molecular formula is C14H23NO2. The van der Waals surface area contributed by atoms with Crippen LogP contribution in [0.5, 0.6) is 5.75 Å². The highest BCUT2D eigenvalue weighted by atomic mass is 16.5. The van der Waals surface area contributed by atoms with E-state index < -0.39 is 0 Å². The quantitative estimate of drug-likeness (QED) is 0.764. The molecule has 1 aromatic carbocycles. The molecule has 0 aliphatic carbocycles. The zero-order chi connectivity index (χ0) is 12.7. The summed E-state index contributed by atoms with van der Waals surface area (Å²) in [6.07, 6.45) is 1.01. The van der Waals surface area contributed by atoms with Gasteiger partial charge >= 0.3 is 0 Å². The number of hydrogen-bond donors (Lipinski definition) is 2. The molecule has 0 aliphatic heterocycles. The van der Waals surface area contributed by atoms with E-state index in [0.29, 0.717) is 0 Å². The molecule has 0 saturated heterocycles. The molecule has 0 amide bonds. The largest absolute Gasteiger partial charge is 0.494 e. The molecule has 0 aliphatic rings. The van der Waals surface area contributed by atoms with Crippen molar-refractivity contribution in [1.82, 2.24) is 5.32 Å². The fraction of sp³-hybridized carbons (Fsp3) is 0.571. The molecular weight excluding hydrogens is 214 g/mol. The van der Waals surface area contributed by atoms with Gasteiger partial charge in [0.25, 0.3) is 0 Å². The summed E-state index contributed by atoms with van der Waals surface area (Å²) in [6, 6.07) is 7.92. The van der Waals surface area contributed by atoms with Crippen LogP contribution in [0.15, 0.2) is 24.3 Å². The van der Waals surface area contributed by atoms with Gasteiger partial charge in [0.05, 0.1) is 18.8 Å².